The molecule has 0 saturated carbocycles. The number of nitrogens with one attached hydrogen (secondary N) is 1. The fourth-order valence-electron chi connectivity index (χ4n) is 4.87. The lowest BCUT2D eigenvalue weighted by Gasteiger charge is -2.21. The summed E-state index contributed by atoms with van der Waals surface area (Å²) in [4.78, 5) is 47.7. The first-order valence-electron chi connectivity index (χ1n) is 12.1. The molecule has 1 atom stereocenters. The molecule has 1 fully saturated rings. The summed E-state index contributed by atoms with van der Waals surface area (Å²) in [6.45, 7) is 0.773. The number of unbranched alkanes of at least 4 members (excludes halogenated alkanes) is 4. The fraction of sp³-hybridized carbons (Fsp3) is 0.480. The molecular formula is C25H31N5O5. The molecule has 10 heteroatoms. The molecule has 1 aromatic carbocycles. The van der Waals surface area contributed by atoms with Crippen LogP contribution in [0.3, 0.4) is 0 Å². The highest BCUT2D eigenvalue weighted by molar-refractivity contribution is 6.00. The van der Waals surface area contributed by atoms with Crippen LogP contribution in [0.15, 0.2) is 35.4 Å². The van der Waals surface area contributed by atoms with E-state index >= 15 is 0 Å². The molecule has 3 heterocycles. The fourth-order valence-corrected chi connectivity index (χ4v) is 4.87. The molecule has 2 aromatic heterocycles. The van der Waals surface area contributed by atoms with E-state index in [1.165, 1.54) is 4.57 Å². The van der Waals surface area contributed by atoms with Crippen LogP contribution >= 0.6 is 0 Å². The Morgan fingerprint density at radius 3 is 2.69 bits per heavy atom. The van der Waals surface area contributed by atoms with Crippen LogP contribution in [0.4, 0.5) is 0 Å². The van der Waals surface area contributed by atoms with Gasteiger partial charge in [-0.1, -0.05) is 31.4 Å². The van der Waals surface area contributed by atoms with Crippen LogP contribution in [-0.2, 0) is 40.8 Å². The molecule has 3 aromatic rings. The minimum absolute atomic E-state index is 0.00470. The van der Waals surface area contributed by atoms with Crippen molar-refractivity contribution in [2.24, 2.45) is 7.05 Å². The highest BCUT2D eigenvalue weighted by atomic mass is 16.4. The Labute approximate surface area is 202 Å². The third kappa shape index (κ3) is 5.52. The third-order valence-electron chi connectivity index (χ3n) is 6.58. The Morgan fingerprint density at radius 2 is 1.91 bits per heavy atom. The van der Waals surface area contributed by atoms with Crippen molar-refractivity contribution in [1.29, 1.82) is 0 Å². The number of carbonyl (C=O) groups is 3. The van der Waals surface area contributed by atoms with E-state index in [1.807, 2.05) is 18.2 Å². The molecule has 186 valence electrons. The van der Waals surface area contributed by atoms with E-state index < -0.39 is 17.9 Å². The molecule has 10 nitrogen and oxygen atoms in total. The number of aryl methyl sites for hydroxylation is 3. The Hall–Kier alpha value is -3.69. The predicted molar refractivity (Wildman–Crippen MR) is 129 cm³/mol. The molecule has 0 aliphatic carbocycles. The number of aromatic nitrogens is 4. The molecule has 0 radical (unpaired) electrons. The van der Waals surface area contributed by atoms with Crippen molar-refractivity contribution in [3.63, 3.8) is 0 Å². The van der Waals surface area contributed by atoms with Crippen LogP contribution in [0.2, 0.25) is 0 Å². The van der Waals surface area contributed by atoms with Gasteiger partial charge in [0.25, 0.3) is 0 Å². The summed E-state index contributed by atoms with van der Waals surface area (Å²) in [6.07, 6.45) is 9.94. The van der Waals surface area contributed by atoms with Gasteiger partial charge >= 0.3 is 11.7 Å². The number of carbonyl (C=O) groups excluding carboxylic acids is 2. The molecule has 0 bridgehead atoms. The summed E-state index contributed by atoms with van der Waals surface area (Å²) in [5, 5.41) is 15.4. The zero-order valence-electron chi connectivity index (χ0n) is 19.9. The lowest BCUT2D eigenvalue weighted by Crippen LogP contribution is -2.44. The molecule has 1 saturated heterocycles. The summed E-state index contributed by atoms with van der Waals surface area (Å²) in [5.41, 5.74) is 3.12. The van der Waals surface area contributed by atoms with Gasteiger partial charge in [0, 0.05) is 31.8 Å². The molecule has 0 spiro atoms. The molecule has 2 amide bonds. The summed E-state index contributed by atoms with van der Waals surface area (Å²) < 4.78 is 4.93. The van der Waals surface area contributed by atoms with E-state index in [9.17, 15) is 19.2 Å². The number of carboxylic acids is 1. The topological polar surface area (TPSA) is 128 Å². The number of piperidine rings is 1. The van der Waals surface area contributed by atoms with Gasteiger partial charge in [0.15, 0.2) is 0 Å². The van der Waals surface area contributed by atoms with Gasteiger partial charge in [0.2, 0.25) is 11.8 Å². The Morgan fingerprint density at radius 1 is 1.14 bits per heavy atom. The minimum Gasteiger partial charge on any atom is -0.481 e. The van der Waals surface area contributed by atoms with Crippen LogP contribution < -0.4 is 11.0 Å². The third-order valence-corrected chi connectivity index (χ3v) is 6.58. The Balaban J connectivity index is 1.31. The van der Waals surface area contributed by atoms with Crippen molar-refractivity contribution in [2.75, 3.05) is 0 Å². The maximum atomic E-state index is 13.0. The maximum Gasteiger partial charge on any atom is 0.329 e. The number of aliphatic carboxylic acids is 1. The van der Waals surface area contributed by atoms with E-state index in [1.54, 1.807) is 28.7 Å². The monoisotopic (exact) mass is 481 g/mol. The lowest BCUT2D eigenvalue weighted by molar-refractivity contribution is -0.137. The number of benzene rings is 1. The van der Waals surface area contributed by atoms with Crippen LogP contribution in [0.25, 0.3) is 11.0 Å². The zero-order chi connectivity index (χ0) is 24.9. The average molecular weight is 482 g/mol. The van der Waals surface area contributed by atoms with E-state index in [0.717, 1.165) is 61.7 Å². The summed E-state index contributed by atoms with van der Waals surface area (Å²) in [5.74, 6) is -1.57. The van der Waals surface area contributed by atoms with Crippen molar-refractivity contribution < 1.29 is 19.5 Å². The number of para-hydroxylation sites is 1. The second-order valence-electron chi connectivity index (χ2n) is 9.16. The molecule has 1 aliphatic heterocycles. The number of hydrogen-bond donors (Lipinski definition) is 2. The van der Waals surface area contributed by atoms with Gasteiger partial charge in [-0.3, -0.25) is 33.5 Å². The SMILES string of the molecule is Cn1c(=O)n(C2CCC(=O)NC2=O)c2cccc(CCCCCCCn3cc(CC(=O)O)cn3)c21. The summed E-state index contributed by atoms with van der Waals surface area (Å²) in [7, 11) is 1.73. The molecule has 4 rings (SSSR count). The average Bonchev–Trinajstić information content (AvgIpc) is 3.35. The number of hydrogen-bond acceptors (Lipinski definition) is 5. The predicted octanol–water partition coefficient (Wildman–Crippen LogP) is 2.33. The Bertz CT molecular complexity index is 1300. The van der Waals surface area contributed by atoms with Gasteiger partial charge in [0.1, 0.15) is 6.04 Å². The highest BCUT2D eigenvalue weighted by Gasteiger charge is 2.31. The van der Waals surface area contributed by atoms with Crippen LogP contribution in [0.5, 0.6) is 0 Å². The van der Waals surface area contributed by atoms with E-state index in [2.05, 4.69) is 10.4 Å². The quantitative estimate of drug-likeness (QED) is 0.320. The largest absolute Gasteiger partial charge is 0.481 e. The number of carboxylic acid groups (broad SMARTS) is 1. The van der Waals surface area contributed by atoms with E-state index in [-0.39, 0.29) is 24.4 Å². The second kappa shape index (κ2) is 10.7. The highest BCUT2D eigenvalue weighted by Crippen LogP contribution is 2.26. The van der Waals surface area contributed by atoms with Crippen molar-refractivity contribution in [2.45, 2.75) is 70.4 Å². The summed E-state index contributed by atoms with van der Waals surface area (Å²) >= 11 is 0. The molecule has 2 N–H and O–H groups in total. The van der Waals surface area contributed by atoms with Crippen molar-refractivity contribution >= 4 is 28.8 Å². The second-order valence-corrected chi connectivity index (χ2v) is 9.16. The lowest BCUT2D eigenvalue weighted by atomic mass is 10.0. The first kappa shape index (κ1) is 24.4. The number of imidazole rings is 1. The Kier molecular flexibility index (Phi) is 7.48. The van der Waals surface area contributed by atoms with Gasteiger partial charge < -0.3 is 5.11 Å². The number of fused-ring (bicyclic) bond motifs is 1. The molecule has 35 heavy (non-hydrogen) atoms. The van der Waals surface area contributed by atoms with Crippen LogP contribution in [0, 0.1) is 0 Å². The summed E-state index contributed by atoms with van der Waals surface area (Å²) in [6, 6.07) is 5.14. The number of imide groups is 1. The van der Waals surface area contributed by atoms with E-state index in [0.29, 0.717) is 12.0 Å². The molecule has 1 unspecified atom stereocenters. The van der Waals surface area contributed by atoms with Crippen molar-refractivity contribution in [1.82, 2.24) is 24.2 Å². The maximum absolute atomic E-state index is 13.0. The molecule has 1 aliphatic rings. The van der Waals surface area contributed by atoms with Gasteiger partial charge in [-0.05, 0) is 37.3 Å². The molecular weight excluding hydrogens is 450 g/mol. The smallest absolute Gasteiger partial charge is 0.329 e. The van der Waals surface area contributed by atoms with Gasteiger partial charge in [-0.2, -0.15) is 5.10 Å². The first-order chi connectivity index (χ1) is 16.8. The van der Waals surface area contributed by atoms with Crippen molar-refractivity contribution in [3.8, 4) is 0 Å². The van der Waals surface area contributed by atoms with Crippen LogP contribution in [-0.4, -0.2) is 41.8 Å². The number of rotatable bonds is 11. The van der Waals surface area contributed by atoms with Gasteiger partial charge in [0.05, 0.1) is 23.7 Å². The van der Waals surface area contributed by atoms with E-state index in [4.69, 9.17) is 5.11 Å². The normalized spacial score (nSPS) is 16.1. The number of amides is 2. The minimum atomic E-state index is -0.854. The van der Waals surface area contributed by atoms with Crippen molar-refractivity contribution in [3.05, 3.63) is 52.2 Å². The van der Waals surface area contributed by atoms with Gasteiger partial charge in [-0.25, -0.2) is 4.79 Å². The van der Waals surface area contributed by atoms with Gasteiger partial charge in [-0.15, -0.1) is 0 Å². The van der Waals surface area contributed by atoms with Crippen LogP contribution in [0.1, 0.15) is 62.1 Å². The zero-order valence-corrected chi connectivity index (χ0v) is 19.9. The first-order valence-corrected chi connectivity index (χ1v) is 12.1. The standard InChI is InChI=1S/C25H31N5O5/c1-28-23-18(8-5-3-2-4-6-13-29-16-17(15-26-29)14-22(32)33)9-7-10-19(23)30(25(28)35)20-11-12-21(31)27-24(20)34/h7,9-10,15-16,20H,2-6,8,11-14H2,1H3,(H,32,33)(H,27,31,34). The number of nitrogens with zero attached hydrogens (tertiary/aromatic N) is 4.